The van der Waals surface area contributed by atoms with Gasteiger partial charge in [-0.2, -0.15) is 0 Å². The third kappa shape index (κ3) is 1.88. The molecule has 0 heterocycles. The molecule has 0 aliphatic rings. The molecule has 0 amide bonds. The normalized spacial score (nSPS) is 12.4. The predicted octanol–water partition coefficient (Wildman–Crippen LogP) is 1.55. The van der Waals surface area contributed by atoms with E-state index in [9.17, 15) is 4.79 Å². The van der Waals surface area contributed by atoms with Crippen molar-refractivity contribution in [2.45, 2.75) is 12.7 Å². The second-order valence-electron chi connectivity index (χ2n) is 2.70. The Morgan fingerprint density at radius 3 is 2.33 bits per heavy atom. The van der Waals surface area contributed by atoms with Gasteiger partial charge in [0.15, 0.2) is 5.78 Å². The van der Waals surface area contributed by atoms with E-state index in [0.717, 1.165) is 0 Å². The maximum atomic E-state index is 11.2. The van der Waals surface area contributed by atoms with Crippen LogP contribution in [0, 0.1) is 0 Å². The Kier molecular flexibility index (Phi) is 2.53. The first-order valence-corrected chi connectivity index (χ1v) is 3.70. The monoisotopic (exact) mass is 160 g/mol. The van der Waals surface area contributed by atoms with Gasteiger partial charge in [-0.05, 0) is 30.1 Å². The summed E-state index contributed by atoms with van der Waals surface area (Å²) in [6, 6.07) is 6.05. The van der Waals surface area contributed by atoms with Crippen LogP contribution in [0.1, 0.15) is 17.3 Å². The van der Waals surface area contributed by atoms with Crippen molar-refractivity contribution < 1.29 is 9.90 Å². The standard InChI is InChI=1S/C9H9BO2/c1-6(10)9(12)7-2-4-8(11)5-3-7/h2-6,11H,1H3. The number of ketones is 1. The molecule has 60 valence electrons. The van der Waals surface area contributed by atoms with E-state index in [2.05, 4.69) is 0 Å². The van der Waals surface area contributed by atoms with Crippen molar-refractivity contribution in [1.82, 2.24) is 0 Å². The molecule has 0 aliphatic heterocycles. The largest absolute Gasteiger partial charge is 0.508 e. The Morgan fingerprint density at radius 1 is 1.42 bits per heavy atom. The van der Waals surface area contributed by atoms with Crippen molar-refractivity contribution in [3.8, 4) is 5.75 Å². The lowest BCUT2D eigenvalue weighted by Crippen LogP contribution is -2.04. The van der Waals surface area contributed by atoms with Crippen molar-refractivity contribution in [3.05, 3.63) is 29.8 Å². The number of benzene rings is 1. The third-order valence-electron chi connectivity index (χ3n) is 1.57. The van der Waals surface area contributed by atoms with Crippen LogP contribution in [0.2, 0.25) is 5.82 Å². The van der Waals surface area contributed by atoms with Gasteiger partial charge in [0.1, 0.15) is 5.75 Å². The molecular weight excluding hydrogens is 151 g/mol. The first-order valence-electron chi connectivity index (χ1n) is 3.70. The zero-order valence-electron chi connectivity index (χ0n) is 6.82. The summed E-state index contributed by atoms with van der Waals surface area (Å²) in [5.41, 5.74) is 0.530. The molecule has 3 heteroatoms. The molecule has 0 spiro atoms. The van der Waals surface area contributed by atoms with Gasteiger partial charge in [-0.25, -0.2) is 0 Å². The van der Waals surface area contributed by atoms with E-state index < -0.39 is 5.82 Å². The zero-order chi connectivity index (χ0) is 9.14. The van der Waals surface area contributed by atoms with Gasteiger partial charge >= 0.3 is 0 Å². The van der Waals surface area contributed by atoms with Gasteiger partial charge in [0.05, 0.1) is 7.85 Å². The second kappa shape index (κ2) is 3.43. The van der Waals surface area contributed by atoms with E-state index in [1.54, 1.807) is 19.1 Å². The fourth-order valence-corrected chi connectivity index (χ4v) is 0.889. The number of aromatic hydroxyl groups is 1. The van der Waals surface area contributed by atoms with Crippen molar-refractivity contribution >= 4 is 13.6 Å². The minimum absolute atomic E-state index is 0.116. The van der Waals surface area contributed by atoms with Crippen LogP contribution < -0.4 is 0 Å². The number of carbonyl (C=O) groups is 1. The predicted molar refractivity (Wildman–Crippen MR) is 47.6 cm³/mol. The Hall–Kier alpha value is -1.25. The van der Waals surface area contributed by atoms with Crippen LogP contribution in [0.4, 0.5) is 0 Å². The molecular formula is C9H9BO2. The van der Waals surface area contributed by atoms with Crippen LogP contribution in [0.5, 0.6) is 5.75 Å². The van der Waals surface area contributed by atoms with E-state index in [4.69, 9.17) is 13.0 Å². The summed E-state index contributed by atoms with van der Waals surface area (Å²) in [4.78, 5) is 11.2. The Bertz CT molecular complexity index is 277. The molecule has 1 aromatic rings. The molecule has 1 N–H and O–H groups in total. The lowest BCUT2D eigenvalue weighted by molar-refractivity contribution is 0.0989. The van der Waals surface area contributed by atoms with Crippen molar-refractivity contribution in [2.75, 3.05) is 0 Å². The van der Waals surface area contributed by atoms with Gasteiger partial charge in [-0.3, -0.25) is 4.79 Å². The average Bonchev–Trinajstić information content (AvgIpc) is 2.04. The number of Topliss-reactive ketones (excluding diaryl/α,β-unsaturated/α-hetero) is 1. The first-order chi connectivity index (χ1) is 5.61. The Balaban J connectivity index is 2.90. The molecule has 0 saturated heterocycles. The summed E-state index contributed by atoms with van der Waals surface area (Å²) in [6.07, 6.45) is 0. The van der Waals surface area contributed by atoms with Crippen LogP contribution in [0.25, 0.3) is 0 Å². The highest BCUT2D eigenvalue weighted by molar-refractivity contribution is 6.27. The van der Waals surface area contributed by atoms with Gasteiger partial charge in [0.25, 0.3) is 0 Å². The topological polar surface area (TPSA) is 37.3 Å². The molecule has 1 aromatic carbocycles. The molecule has 1 unspecified atom stereocenters. The number of rotatable bonds is 2. The zero-order valence-corrected chi connectivity index (χ0v) is 6.82. The molecule has 12 heavy (non-hydrogen) atoms. The quantitative estimate of drug-likeness (QED) is 0.526. The number of phenols is 1. The van der Waals surface area contributed by atoms with Crippen LogP contribution in [0.3, 0.4) is 0 Å². The lowest BCUT2D eigenvalue weighted by atomic mass is 9.83. The van der Waals surface area contributed by atoms with Gasteiger partial charge in [-0.15, -0.1) is 0 Å². The SMILES string of the molecule is [B]C(C)C(=O)c1ccc(O)cc1. The minimum atomic E-state index is -0.491. The summed E-state index contributed by atoms with van der Waals surface area (Å²) in [5.74, 6) is -0.458. The van der Waals surface area contributed by atoms with Gasteiger partial charge in [0, 0.05) is 5.56 Å². The van der Waals surface area contributed by atoms with Gasteiger partial charge in [0.2, 0.25) is 0 Å². The number of carbonyl (C=O) groups excluding carboxylic acids is 1. The third-order valence-corrected chi connectivity index (χ3v) is 1.57. The number of hydrogen-bond acceptors (Lipinski definition) is 2. The van der Waals surface area contributed by atoms with Crippen molar-refractivity contribution in [3.63, 3.8) is 0 Å². The van der Waals surface area contributed by atoms with E-state index in [1.165, 1.54) is 12.1 Å². The van der Waals surface area contributed by atoms with Gasteiger partial charge < -0.3 is 5.11 Å². The van der Waals surface area contributed by atoms with Crippen LogP contribution in [-0.2, 0) is 0 Å². The van der Waals surface area contributed by atoms with Crippen LogP contribution >= 0.6 is 0 Å². The average molecular weight is 160 g/mol. The first kappa shape index (κ1) is 8.85. The highest BCUT2D eigenvalue weighted by Crippen LogP contribution is 2.14. The molecule has 1 rings (SSSR count). The molecule has 2 radical (unpaired) electrons. The summed E-state index contributed by atoms with van der Waals surface area (Å²) in [5, 5.41) is 8.93. The Labute approximate surface area is 72.6 Å². The molecule has 0 bridgehead atoms. The summed E-state index contributed by atoms with van der Waals surface area (Å²) in [6.45, 7) is 1.63. The molecule has 1 atom stereocenters. The van der Waals surface area contributed by atoms with Gasteiger partial charge in [-0.1, -0.05) is 6.92 Å². The molecule has 0 fully saturated rings. The van der Waals surface area contributed by atoms with E-state index in [1.807, 2.05) is 0 Å². The fraction of sp³-hybridized carbons (Fsp3) is 0.222. The van der Waals surface area contributed by atoms with E-state index in [0.29, 0.717) is 5.56 Å². The fourth-order valence-electron chi connectivity index (χ4n) is 0.889. The number of hydrogen-bond donors (Lipinski definition) is 1. The molecule has 2 nitrogen and oxygen atoms in total. The van der Waals surface area contributed by atoms with Crippen molar-refractivity contribution in [2.24, 2.45) is 0 Å². The maximum absolute atomic E-state index is 11.2. The minimum Gasteiger partial charge on any atom is -0.508 e. The summed E-state index contributed by atoms with van der Waals surface area (Å²) in [7, 11) is 5.39. The molecule has 0 aliphatic carbocycles. The summed E-state index contributed by atoms with van der Waals surface area (Å²) >= 11 is 0. The van der Waals surface area contributed by atoms with Crippen molar-refractivity contribution in [1.29, 1.82) is 0 Å². The summed E-state index contributed by atoms with van der Waals surface area (Å²) < 4.78 is 0. The van der Waals surface area contributed by atoms with E-state index in [-0.39, 0.29) is 11.5 Å². The highest BCUT2D eigenvalue weighted by Gasteiger charge is 2.08. The Morgan fingerprint density at radius 2 is 1.92 bits per heavy atom. The van der Waals surface area contributed by atoms with E-state index >= 15 is 0 Å². The van der Waals surface area contributed by atoms with Crippen LogP contribution in [-0.4, -0.2) is 18.7 Å². The highest BCUT2D eigenvalue weighted by atomic mass is 16.3. The molecule has 0 aromatic heterocycles. The van der Waals surface area contributed by atoms with Crippen LogP contribution in [0.15, 0.2) is 24.3 Å². The molecule has 0 saturated carbocycles. The maximum Gasteiger partial charge on any atom is 0.157 e. The second-order valence-corrected chi connectivity index (χ2v) is 2.70. The number of phenolic OH excluding ortho intramolecular Hbond substituents is 1. The lowest BCUT2D eigenvalue weighted by Gasteiger charge is -2.03. The smallest absolute Gasteiger partial charge is 0.157 e.